The molecule has 0 spiro atoms. The predicted octanol–water partition coefficient (Wildman–Crippen LogP) is 4.91. The lowest BCUT2D eigenvalue weighted by atomic mass is 10.2. The van der Waals surface area contributed by atoms with Crippen molar-refractivity contribution < 1.29 is 0 Å². The molecule has 0 aliphatic carbocycles. The number of rotatable bonds is 5. The van der Waals surface area contributed by atoms with E-state index in [0.717, 1.165) is 23.7 Å². The molecule has 0 atom stereocenters. The molecule has 1 nitrogen and oxygen atoms in total. The van der Waals surface area contributed by atoms with Gasteiger partial charge in [-0.3, -0.25) is 0 Å². The van der Waals surface area contributed by atoms with Gasteiger partial charge >= 0.3 is 0 Å². The molecule has 0 aliphatic rings. The summed E-state index contributed by atoms with van der Waals surface area (Å²) in [5.74, 6) is 0. The smallest absolute Gasteiger partial charge is 0.0462 e. The molecular formula is C16H18ClNS. The van der Waals surface area contributed by atoms with Crippen LogP contribution in [0, 0.1) is 6.92 Å². The van der Waals surface area contributed by atoms with E-state index in [1.165, 1.54) is 15.4 Å². The van der Waals surface area contributed by atoms with Gasteiger partial charge in [0.1, 0.15) is 0 Å². The molecule has 100 valence electrons. The van der Waals surface area contributed by atoms with Crippen molar-refractivity contribution in [3.8, 4) is 0 Å². The Morgan fingerprint density at radius 1 is 1.16 bits per heavy atom. The molecule has 0 saturated carbocycles. The summed E-state index contributed by atoms with van der Waals surface area (Å²) in [6.07, 6.45) is 0. The van der Waals surface area contributed by atoms with Gasteiger partial charge in [0.25, 0.3) is 0 Å². The highest BCUT2D eigenvalue weighted by Gasteiger charge is 2.04. The van der Waals surface area contributed by atoms with E-state index in [4.69, 9.17) is 11.6 Å². The molecule has 0 unspecified atom stereocenters. The highest BCUT2D eigenvalue weighted by molar-refractivity contribution is 7.99. The fourth-order valence-electron chi connectivity index (χ4n) is 1.79. The van der Waals surface area contributed by atoms with Gasteiger partial charge < -0.3 is 5.32 Å². The van der Waals surface area contributed by atoms with Crippen LogP contribution in [0.1, 0.15) is 18.1 Å². The minimum absolute atomic E-state index is 0.824. The molecular weight excluding hydrogens is 274 g/mol. The van der Waals surface area contributed by atoms with Crippen molar-refractivity contribution in [2.45, 2.75) is 30.2 Å². The third-order valence-corrected chi connectivity index (χ3v) is 4.43. The van der Waals surface area contributed by atoms with Gasteiger partial charge in [-0.1, -0.05) is 54.6 Å². The number of aryl methyl sites for hydroxylation is 1. The minimum Gasteiger partial charge on any atom is -0.313 e. The largest absolute Gasteiger partial charge is 0.313 e. The van der Waals surface area contributed by atoms with Gasteiger partial charge in [0.2, 0.25) is 0 Å². The Morgan fingerprint density at radius 3 is 2.63 bits per heavy atom. The Hall–Kier alpha value is -0.960. The molecule has 0 fully saturated rings. The quantitative estimate of drug-likeness (QED) is 0.840. The SMILES string of the molecule is CCNCc1ccc(Sc2ccccc2C)cc1Cl. The Kier molecular flexibility index (Phi) is 5.32. The van der Waals surface area contributed by atoms with E-state index in [-0.39, 0.29) is 0 Å². The van der Waals surface area contributed by atoms with Gasteiger partial charge in [0.15, 0.2) is 0 Å². The van der Waals surface area contributed by atoms with Crippen LogP contribution in [0.5, 0.6) is 0 Å². The van der Waals surface area contributed by atoms with E-state index in [0.29, 0.717) is 0 Å². The molecule has 0 radical (unpaired) electrons. The fraction of sp³-hybridized carbons (Fsp3) is 0.250. The molecule has 2 rings (SSSR count). The molecule has 2 aromatic carbocycles. The van der Waals surface area contributed by atoms with Crippen LogP contribution in [0.15, 0.2) is 52.3 Å². The van der Waals surface area contributed by atoms with Crippen molar-refractivity contribution in [2.24, 2.45) is 0 Å². The standard InChI is InChI=1S/C16H18ClNS/c1-3-18-11-13-8-9-14(10-15(13)17)19-16-7-5-4-6-12(16)2/h4-10,18H,3,11H2,1-2H3. The van der Waals surface area contributed by atoms with Crippen LogP contribution in [-0.4, -0.2) is 6.54 Å². The molecule has 0 aliphatic heterocycles. The molecule has 1 N–H and O–H groups in total. The van der Waals surface area contributed by atoms with Crippen molar-refractivity contribution >= 4 is 23.4 Å². The summed E-state index contributed by atoms with van der Waals surface area (Å²) in [6, 6.07) is 14.7. The summed E-state index contributed by atoms with van der Waals surface area (Å²) in [4.78, 5) is 2.46. The summed E-state index contributed by atoms with van der Waals surface area (Å²) < 4.78 is 0. The molecule has 0 aromatic heterocycles. The first kappa shape index (κ1) is 14.4. The summed E-state index contributed by atoms with van der Waals surface area (Å²) in [6.45, 7) is 6.00. The second-order valence-electron chi connectivity index (χ2n) is 4.40. The van der Waals surface area contributed by atoms with Gasteiger partial charge in [0.05, 0.1) is 0 Å². The van der Waals surface area contributed by atoms with Crippen LogP contribution in [0.4, 0.5) is 0 Å². The molecule has 3 heteroatoms. The molecule has 0 bridgehead atoms. The van der Waals surface area contributed by atoms with Crippen LogP contribution in [0.3, 0.4) is 0 Å². The highest BCUT2D eigenvalue weighted by atomic mass is 35.5. The van der Waals surface area contributed by atoms with E-state index in [1.54, 1.807) is 11.8 Å². The topological polar surface area (TPSA) is 12.0 Å². The summed E-state index contributed by atoms with van der Waals surface area (Å²) >= 11 is 8.07. The van der Waals surface area contributed by atoms with Gasteiger partial charge in [-0.25, -0.2) is 0 Å². The van der Waals surface area contributed by atoms with Gasteiger partial charge in [0, 0.05) is 21.4 Å². The van der Waals surface area contributed by atoms with E-state index in [9.17, 15) is 0 Å². The van der Waals surface area contributed by atoms with E-state index in [1.807, 2.05) is 6.07 Å². The van der Waals surface area contributed by atoms with Crippen molar-refractivity contribution in [1.82, 2.24) is 5.32 Å². The van der Waals surface area contributed by atoms with Gasteiger partial charge in [-0.15, -0.1) is 0 Å². The number of hydrogen-bond acceptors (Lipinski definition) is 2. The molecule has 0 amide bonds. The normalized spacial score (nSPS) is 10.7. The Balaban J connectivity index is 2.14. The number of nitrogens with one attached hydrogen (secondary N) is 1. The molecule has 0 saturated heterocycles. The zero-order valence-electron chi connectivity index (χ0n) is 11.2. The Morgan fingerprint density at radius 2 is 1.95 bits per heavy atom. The van der Waals surface area contributed by atoms with Gasteiger partial charge in [-0.05, 0) is 42.8 Å². The zero-order valence-corrected chi connectivity index (χ0v) is 12.8. The van der Waals surface area contributed by atoms with Crippen molar-refractivity contribution in [3.05, 3.63) is 58.6 Å². The van der Waals surface area contributed by atoms with Crippen LogP contribution in [0.25, 0.3) is 0 Å². The minimum atomic E-state index is 0.824. The zero-order chi connectivity index (χ0) is 13.7. The average Bonchev–Trinajstić information content (AvgIpc) is 2.40. The summed E-state index contributed by atoms with van der Waals surface area (Å²) in [5, 5.41) is 4.13. The van der Waals surface area contributed by atoms with E-state index >= 15 is 0 Å². The number of halogens is 1. The first-order valence-corrected chi connectivity index (χ1v) is 7.62. The number of hydrogen-bond donors (Lipinski definition) is 1. The molecule has 19 heavy (non-hydrogen) atoms. The third kappa shape index (κ3) is 4.00. The van der Waals surface area contributed by atoms with Crippen LogP contribution in [0.2, 0.25) is 5.02 Å². The average molecular weight is 292 g/mol. The lowest BCUT2D eigenvalue weighted by Crippen LogP contribution is -2.11. The Bertz CT molecular complexity index is 554. The predicted molar refractivity (Wildman–Crippen MR) is 84.1 cm³/mol. The lowest BCUT2D eigenvalue weighted by Gasteiger charge is -2.09. The van der Waals surface area contributed by atoms with Gasteiger partial charge in [-0.2, -0.15) is 0 Å². The number of benzene rings is 2. The summed E-state index contributed by atoms with van der Waals surface area (Å²) in [5.41, 5.74) is 2.44. The van der Waals surface area contributed by atoms with Crippen molar-refractivity contribution in [3.63, 3.8) is 0 Å². The molecule has 2 aromatic rings. The monoisotopic (exact) mass is 291 g/mol. The maximum Gasteiger partial charge on any atom is 0.0462 e. The second kappa shape index (κ2) is 6.99. The van der Waals surface area contributed by atoms with Crippen LogP contribution in [-0.2, 0) is 6.54 Å². The Labute approximate surface area is 124 Å². The van der Waals surface area contributed by atoms with Crippen molar-refractivity contribution in [1.29, 1.82) is 0 Å². The lowest BCUT2D eigenvalue weighted by molar-refractivity contribution is 0.726. The third-order valence-electron chi connectivity index (χ3n) is 2.91. The first-order chi connectivity index (χ1) is 9.20. The second-order valence-corrected chi connectivity index (χ2v) is 5.92. The summed E-state index contributed by atoms with van der Waals surface area (Å²) in [7, 11) is 0. The maximum atomic E-state index is 6.32. The molecule has 0 heterocycles. The van der Waals surface area contributed by atoms with E-state index < -0.39 is 0 Å². The van der Waals surface area contributed by atoms with Crippen LogP contribution < -0.4 is 5.32 Å². The highest BCUT2D eigenvalue weighted by Crippen LogP contribution is 2.32. The first-order valence-electron chi connectivity index (χ1n) is 6.43. The maximum absolute atomic E-state index is 6.32. The fourth-order valence-corrected chi connectivity index (χ4v) is 3.05. The van der Waals surface area contributed by atoms with Crippen LogP contribution >= 0.6 is 23.4 Å². The van der Waals surface area contributed by atoms with E-state index in [2.05, 4.69) is 55.6 Å². The van der Waals surface area contributed by atoms with Crippen molar-refractivity contribution in [2.75, 3.05) is 6.54 Å².